The Morgan fingerprint density at radius 3 is 2.60 bits per heavy atom. The molecule has 6 nitrogen and oxygen atoms in total. The molecule has 1 unspecified atom stereocenters. The Morgan fingerprint density at radius 2 is 2.10 bits per heavy atom. The smallest absolute Gasteiger partial charge is 0.269 e. The highest BCUT2D eigenvalue weighted by atomic mass is 16.6. The topological polar surface area (TPSA) is 89.5 Å². The van der Waals surface area contributed by atoms with Crippen molar-refractivity contribution in [3.8, 4) is 0 Å². The lowest BCUT2D eigenvalue weighted by Gasteiger charge is -2.25. The highest BCUT2D eigenvalue weighted by Gasteiger charge is 2.24. The van der Waals surface area contributed by atoms with E-state index in [1.54, 1.807) is 24.1 Å². The second-order valence-corrected chi connectivity index (χ2v) is 5.21. The summed E-state index contributed by atoms with van der Waals surface area (Å²) >= 11 is 0. The van der Waals surface area contributed by atoms with Crippen LogP contribution in [0.25, 0.3) is 0 Å². The van der Waals surface area contributed by atoms with Crippen molar-refractivity contribution in [1.82, 2.24) is 4.90 Å². The molecule has 0 fully saturated rings. The van der Waals surface area contributed by atoms with Crippen LogP contribution in [0.5, 0.6) is 0 Å². The largest absolute Gasteiger partial charge is 0.341 e. The van der Waals surface area contributed by atoms with Crippen molar-refractivity contribution in [1.29, 1.82) is 0 Å². The number of non-ortho nitro benzene ring substituents is 1. The van der Waals surface area contributed by atoms with Gasteiger partial charge in [0.25, 0.3) is 5.69 Å². The van der Waals surface area contributed by atoms with Gasteiger partial charge in [-0.1, -0.05) is 26.0 Å². The third-order valence-corrected chi connectivity index (χ3v) is 3.29. The first kappa shape index (κ1) is 16.1. The number of nitrogens with zero attached hydrogens (tertiary/aromatic N) is 2. The van der Waals surface area contributed by atoms with Gasteiger partial charge in [0, 0.05) is 32.3 Å². The molecule has 1 amide bonds. The highest BCUT2D eigenvalue weighted by molar-refractivity contribution is 5.79. The molecule has 0 spiro atoms. The maximum Gasteiger partial charge on any atom is 0.269 e. The SMILES string of the molecule is CC(C)C(CN)C(=O)N(C)Cc1cccc([N+](=O)[O-])c1. The van der Waals surface area contributed by atoms with Gasteiger partial charge in [0.15, 0.2) is 0 Å². The summed E-state index contributed by atoms with van der Waals surface area (Å²) in [6, 6.07) is 6.30. The molecule has 1 aromatic rings. The molecule has 0 aromatic heterocycles. The van der Waals surface area contributed by atoms with E-state index in [1.807, 2.05) is 13.8 Å². The molecule has 1 rings (SSSR count). The van der Waals surface area contributed by atoms with Gasteiger partial charge in [-0.25, -0.2) is 0 Å². The van der Waals surface area contributed by atoms with E-state index in [9.17, 15) is 14.9 Å². The predicted molar refractivity (Wildman–Crippen MR) is 77.0 cm³/mol. The first-order chi connectivity index (χ1) is 9.36. The first-order valence-corrected chi connectivity index (χ1v) is 6.55. The van der Waals surface area contributed by atoms with Crippen molar-refractivity contribution in [3.05, 3.63) is 39.9 Å². The van der Waals surface area contributed by atoms with Gasteiger partial charge in [-0.15, -0.1) is 0 Å². The molecule has 1 atom stereocenters. The van der Waals surface area contributed by atoms with Crippen LogP contribution in [0.2, 0.25) is 0 Å². The van der Waals surface area contributed by atoms with Crippen LogP contribution in [0.1, 0.15) is 19.4 Å². The number of carbonyl (C=O) groups excluding carboxylic acids is 1. The molecule has 0 aliphatic carbocycles. The molecule has 0 saturated carbocycles. The van der Waals surface area contributed by atoms with Gasteiger partial charge in [0.1, 0.15) is 0 Å². The zero-order chi connectivity index (χ0) is 15.3. The number of nitro groups is 1. The number of nitrogens with two attached hydrogens (primary N) is 1. The molecule has 20 heavy (non-hydrogen) atoms. The van der Waals surface area contributed by atoms with Gasteiger partial charge in [-0.05, 0) is 11.5 Å². The van der Waals surface area contributed by atoms with Gasteiger partial charge < -0.3 is 10.6 Å². The van der Waals surface area contributed by atoms with E-state index in [1.165, 1.54) is 12.1 Å². The van der Waals surface area contributed by atoms with Gasteiger partial charge in [-0.3, -0.25) is 14.9 Å². The van der Waals surface area contributed by atoms with E-state index < -0.39 is 4.92 Å². The van der Waals surface area contributed by atoms with Gasteiger partial charge >= 0.3 is 0 Å². The Morgan fingerprint density at radius 1 is 1.45 bits per heavy atom. The van der Waals surface area contributed by atoms with Crippen molar-refractivity contribution >= 4 is 11.6 Å². The summed E-state index contributed by atoms with van der Waals surface area (Å²) in [5, 5.41) is 10.7. The highest BCUT2D eigenvalue weighted by Crippen LogP contribution is 2.17. The Labute approximate surface area is 118 Å². The fraction of sp³-hybridized carbons (Fsp3) is 0.500. The minimum absolute atomic E-state index is 0.0302. The fourth-order valence-electron chi connectivity index (χ4n) is 2.06. The summed E-state index contributed by atoms with van der Waals surface area (Å²) in [7, 11) is 1.69. The Kier molecular flexibility index (Phi) is 5.64. The molecule has 0 aliphatic rings. The van der Waals surface area contributed by atoms with Crippen molar-refractivity contribution in [2.24, 2.45) is 17.6 Å². The number of rotatable bonds is 6. The maximum atomic E-state index is 12.3. The van der Waals surface area contributed by atoms with Gasteiger partial charge in [0.05, 0.1) is 10.8 Å². The minimum Gasteiger partial charge on any atom is -0.341 e. The molecule has 110 valence electrons. The van der Waals surface area contributed by atoms with E-state index in [4.69, 9.17) is 5.73 Å². The first-order valence-electron chi connectivity index (χ1n) is 6.55. The fourth-order valence-corrected chi connectivity index (χ4v) is 2.06. The lowest BCUT2D eigenvalue weighted by Crippen LogP contribution is -2.38. The standard InChI is InChI=1S/C14H21N3O3/c1-10(2)13(8-15)14(18)16(3)9-11-5-4-6-12(7-11)17(19)20/h4-7,10,13H,8-9,15H2,1-3H3. The molecular formula is C14H21N3O3. The van der Waals surface area contributed by atoms with Gasteiger partial charge in [-0.2, -0.15) is 0 Å². The van der Waals surface area contributed by atoms with E-state index in [0.29, 0.717) is 13.1 Å². The monoisotopic (exact) mass is 279 g/mol. The average molecular weight is 279 g/mol. The van der Waals surface area contributed by atoms with E-state index >= 15 is 0 Å². The summed E-state index contributed by atoms with van der Waals surface area (Å²) in [5.74, 6) is -0.0900. The molecular weight excluding hydrogens is 258 g/mol. The van der Waals surface area contributed by atoms with Crippen molar-refractivity contribution in [2.75, 3.05) is 13.6 Å². The van der Waals surface area contributed by atoms with Crippen LogP contribution in [0.3, 0.4) is 0 Å². The van der Waals surface area contributed by atoms with Crippen LogP contribution >= 0.6 is 0 Å². The molecule has 1 aromatic carbocycles. The van der Waals surface area contributed by atoms with Crippen LogP contribution in [0, 0.1) is 22.0 Å². The quantitative estimate of drug-likeness (QED) is 0.635. The van der Waals surface area contributed by atoms with Crippen LogP contribution in [0.15, 0.2) is 24.3 Å². The molecule has 6 heteroatoms. The molecule has 0 heterocycles. The number of carbonyl (C=O) groups is 1. The number of hydrogen-bond donors (Lipinski definition) is 1. The minimum atomic E-state index is -0.442. The second kappa shape index (κ2) is 7.00. The average Bonchev–Trinajstić information content (AvgIpc) is 2.39. The summed E-state index contributed by atoms with van der Waals surface area (Å²) in [6.07, 6.45) is 0. The maximum absolute atomic E-state index is 12.3. The van der Waals surface area contributed by atoms with Crippen molar-refractivity contribution in [3.63, 3.8) is 0 Å². The van der Waals surface area contributed by atoms with Crippen LogP contribution in [0.4, 0.5) is 5.69 Å². The van der Waals surface area contributed by atoms with Crippen LogP contribution in [-0.2, 0) is 11.3 Å². The lowest BCUT2D eigenvalue weighted by atomic mass is 9.94. The summed E-state index contributed by atoms with van der Waals surface area (Å²) in [4.78, 5) is 24.1. The van der Waals surface area contributed by atoms with E-state index in [2.05, 4.69) is 0 Å². The third-order valence-electron chi connectivity index (χ3n) is 3.29. The third kappa shape index (κ3) is 4.03. The Bertz CT molecular complexity index is 488. The van der Waals surface area contributed by atoms with E-state index in [-0.39, 0.29) is 23.4 Å². The Hall–Kier alpha value is -1.95. The van der Waals surface area contributed by atoms with Crippen molar-refractivity contribution in [2.45, 2.75) is 20.4 Å². The predicted octanol–water partition coefficient (Wildman–Crippen LogP) is 1.78. The number of benzene rings is 1. The van der Waals surface area contributed by atoms with Crippen molar-refractivity contribution < 1.29 is 9.72 Å². The van der Waals surface area contributed by atoms with Gasteiger partial charge in [0.2, 0.25) is 5.91 Å². The molecule has 0 aliphatic heterocycles. The van der Waals surface area contributed by atoms with Crippen LogP contribution < -0.4 is 5.73 Å². The molecule has 2 N–H and O–H groups in total. The number of nitro benzene ring substituents is 1. The normalized spacial score (nSPS) is 12.2. The number of hydrogen-bond acceptors (Lipinski definition) is 4. The second-order valence-electron chi connectivity index (χ2n) is 5.21. The Balaban J connectivity index is 2.79. The zero-order valence-corrected chi connectivity index (χ0v) is 12.1. The molecule has 0 radical (unpaired) electrons. The summed E-state index contributed by atoms with van der Waals surface area (Å²) in [5.41, 5.74) is 6.39. The molecule has 0 saturated heterocycles. The molecule has 0 bridgehead atoms. The van der Waals surface area contributed by atoms with Crippen LogP contribution in [-0.4, -0.2) is 29.3 Å². The summed E-state index contributed by atoms with van der Waals surface area (Å²) in [6.45, 7) is 4.55. The summed E-state index contributed by atoms with van der Waals surface area (Å²) < 4.78 is 0. The lowest BCUT2D eigenvalue weighted by molar-refractivity contribution is -0.384. The number of amides is 1. The van der Waals surface area contributed by atoms with E-state index in [0.717, 1.165) is 5.56 Å². The zero-order valence-electron chi connectivity index (χ0n) is 12.1.